The fourth-order valence-corrected chi connectivity index (χ4v) is 3.48. The molecule has 1 aromatic heterocycles. The second-order valence-corrected chi connectivity index (χ2v) is 6.33. The Labute approximate surface area is 131 Å². The summed E-state index contributed by atoms with van der Waals surface area (Å²) in [5.74, 6) is 0.364. The number of aliphatic hydroxyl groups excluding tert-OH is 3. The van der Waals surface area contributed by atoms with Crippen molar-refractivity contribution in [3.63, 3.8) is 0 Å². The van der Waals surface area contributed by atoms with Crippen LogP contribution in [-0.4, -0.2) is 43.7 Å². The van der Waals surface area contributed by atoms with Crippen LogP contribution in [0.1, 0.15) is 18.3 Å². The van der Waals surface area contributed by atoms with E-state index in [1.54, 1.807) is 12.1 Å². The minimum atomic E-state index is -0.951. The Kier molecular flexibility index (Phi) is 3.88. The zero-order valence-electron chi connectivity index (χ0n) is 11.4. The van der Waals surface area contributed by atoms with Crippen molar-refractivity contribution in [2.75, 3.05) is 6.61 Å². The Bertz CT molecular complexity index is 688. The molecule has 3 N–H and O–H groups in total. The molecule has 1 heterocycles. The number of fused-ring (bicyclic) bond motifs is 1. The SMILES string of the molecule is Cc1nc2cc(Cl)c(Cl)cc2n1C1CC(CO)C(O)C1O. The molecule has 3 rings (SSSR count). The quantitative estimate of drug-likeness (QED) is 0.786. The number of benzene rings is 1. The van der Waals surface area contributed by atoms with Gasteiger partial charge in [0.2, 0.25) is 0 Å². The number of aromatic nitrogens is 2. The lowest BCUT2D eigenvalue weighted by molar-refractivity contribution is -0.00383. The maximum absolute atomic E-state index is 10.3. The van der Waals surface area contributed by atoms with Gasteiger partial charge in [0.15, 0.2) is 0 Å². The summed E-state index contributed by atoms with van der Waals surface area (Å²) in [5.41, 5.74) is 1.45. The summed E-state index contributed by atoms with van der Waals surface area (Å²) >= 11 is 12.1. The maximum Gasteiger partial charge on any atom is 0.107 e. The molecule has 5 nitrogen and oxygen atoms in total. The Morgan fingerprint density at radius 1 is 1.24 bits per heavy atom. The Morgan fingerprint density at radius 3 is 2.52 bits per heavy atom. The first-order valence-corrected chi connectivity index (χ1v) is 7.50. The van der Waals surface area contributed by atoms with E-state index in [9.17, 15) is 15.3 Å². The Hall–Kier alpha value is -0.850. The van der Waals surface area contributed by atoms with Crippen LogP contribution in [0.4, 0.5) is 0 Å². The smallest absolute Gasteiger partial charge is 0.107 e. The van der Waals surface area contributed by atoms with Gasteiger partial charge in [-0.15, -0.1) is 0 Å². The summed E-state index contributed by atoms with van der Waals surface area (Å²) in [4.78, 5) is 4.43. The van der Waals surface area contributed by atoms with Gasteiger partial charge in [-0.25, -0.2) is 4.98 Å². The van der Waals surface area contributed by atoms with Crippen molar-refractivity contribution in [2.45, 2.75) is 31.6 Å². The zero-order valence-corrected chi connectivity index (χ0v) is 12.9. The van der Waals surface area contributed by atoms with Crippen molar-refractivity contribution in [1.29, 1.82) is 0 Å². The highest BCUT2D eigenvalue weighted by molar-refractivity contribution is 6.42. The first kappa shape index (κ1) is 15.1. The van der Waals surface area contributed by atoms with Crippen LogP contribution in [0.3, 0.4) is 0 Å². The van der Waals surface area contributed by atoms with E-state index in [1.165, 1.54) is 0 Å². The molecule has 0 amide bonds. The van der Waals surface area contributed by atoms with E-state index in [2.05, 4.69) is 4.98 Å². The predicted molar refractivity (Wildman–Crippen MR) is 80.7 cm³/mol. The van der Waals surface area contributed by atoms with E-state index in [4.69, 9.17) is 23.2 Å². The summed E-state index contributed by atoms with van der Waals surface area (Å²) in [5, 5.41) is 30.4. The van der Waals surface area contributed by atoms with Crippen molar-refractivity contribution in [3.05, 3.63) is 28.0 Å². The molecule has 2 aromatic rings. The number of aryl methyl sites for hydroxylation is 1. The minimum Gasteiger partial charge on any atom is -0.396 e. The highest BCUT2D eigenvalue weighted by atomic mass is 35.5. The molecule has 4 unspecified atom stereocenters. The van der Waals surface area contributed by atoms with Crippen LogP contribution in [0.15, 0.2) is 12.1 Å². The van der Waals surface area contributed by atoms with Crippen LogP contribution in [0.2, 0.25) is 10.0 Å². The number of hydrogen-bond acceptors (Lipinski definition) is 4. The molecule has 4 atom stereocenters. The van der Waals surface area contributed by atoms with Crippen LogP contribution < -0.4 is 0 Å². The third-order valence-electron chi connectivity index (χ3n) is 4.25. The van der Waals surface area contributed by atoms with Gasteiger partial charge in [0, 0.05) is 12.5 Å². The van der Waals surface area contributed by atoms with Gasteiger partial charge in [-0.2, -0.15) is 0 Å². The molecular weight excluding hydrogens is 315 g/mol. The Morgan fingerprint density at radius 2 is 1.90 bits per heavy atom. The van der Waals surface area contributed by atoms with Gasteiger partial charge in [0.1, 0.15) is 11.9 Å². The standard InChI is InChI=1S/C14H16Cl2N2O3/c1-6-17-10-3-8(15)9(16)4-11(10)18(6)12-2-7(5-19)13(20)14(12)21/h3-4,7,12-14,19-21H,2,5H2,1H3. The molecule has 0 bridgehead atoms. The van der Waals surface area contributed by atoms with E-state index in [0.29, 0.717) is 27.8 Å². The van der Waals surface area contributed by atoms with Gasteiger partial charge in [-0.05, 0) is 25.5 Å². The highest BCUT2D eigenvalue weighted by Crippen LogP contribution is 2.39. The second kappa shape index (κ2) is 5.41. The molecule has 0 spiro atoms. The largest absolute Gasteiger partial charge is 0.396 e. The number of hydrogen-bond donors (Lipinski definition) is 3. The molecule has 7 heteroatoms. The van der Waals surface area contributed by atoms with Crippen molar-refractivity contribution in [2.24, 2.45) is 5.92 Å². The average molecular weight is 331 g/mol. The maximum atomic E-state index is 10.3. The van der Waals surface area contributed by atoms with E-state index in [-0.39, 0.29) is 18.6 Å². The zero-order chi connectivity index (χ0) is 15.3. The predicted octanol–water partition coefficient (Wildman–Crippen LogP) is 1.93. The third kappa shape index (κ3) is 2.33. The highest BCUT2D eigenvalue weighted by Gasteiger charge is 2.42. The van der Waals surface area contributed by atoms with Crippen molar-refractivity contribution >= 4 is 34.2 Å². The summed E-state index contributed by atoms with van der Waals surface area (Å²) in [7, 11) is 0. The minimum absolute atomic E-state index is 0.160. The molecule has 0 radical (unpaired) electrons. The lowest BCUT2D eigenvalue weighted by atomic mass is 10.1. The van der Waals surface area contributed by atoms with E-state index >= 15 is 0 Å². The van der Waals surface area contributed by atoms with Gasteiger partial charge in [-0.3, -0.25) is 0 Å². The molecule has 1 fully saturated rings. The fraction of sp³-hybridized carbons (Fsp3) is 0.500. The molecule has 1 saturated carbocycles. The monoisotopic (exact) mass is 330 g/mol. The van der Waals surface area contributed by atoms with Gasteiger partial charge in [0.25, 0.3) is 0 Å². The van der Waals surface area contributed by atoms with Gasteiger partial charge in [0.05, 0.1) is 33.2 Å². The van der Waals surface area contributed by atoms with Crippen LogP contribution >= 0.6 is 23.2 Å². The first-order valence-electron chi connectivity index (χ1n) is 6.74. The number of nitrogens with zero attached hydrogens (tertiary/aromatic N) is 2. The molecule has 1 aliphatic rings. The third-order valence-corrected chi connectivity index (χ3v) is 4.97. The second-order valence-electron chi connectivity index (χ2n) is 5.51. The summed E-state index contributed by atoms with van der Waals surface area (Å²) in [6.07, 6.45) is -1.42. The van der Waals surface area contributed by atoms with Crippen LogP contribution in [0, 0.1) is 12.8 Å². The number of aliphatic hydroxyl groups is 3. The molecule has 1 aliphatic carbocycles. The average Bonchev–Trinajstić information content (AvgIpc) is 2.89. The number of halogens is 2. The lowest BCUT2D eigenvalue weighted by Gasteiger charge is -2.20. The molecule has 1 aromatic carbocycles. The van der Waals surface area contributed by atoms with E-state index in [0.717, 1.165) is 5.52 Å². The Balaban J connectivity index is 2.12. The molecule has 21 heavy (non-hydrogen) atoms. The number of rotatable bonds is 2. The molecule has 0 aliphatic heterocycles. The number of imidazole rings is 1. The van der Waals surface area contributed by atoms with Crippen molar-refractivity contribution in [1.82, 2.24) is 9.55 Å². The lowest BCUT2D eigenvalue weighted by Crippen LogP contribution is -2.30. The van der Waals surface area contributed by atoms with Crippen molar-refractivity contribution < 1.29 is 15.3 Å². The van der Waals surface area contributed by atoms with Crippen LogP contribution in [0.5, 0.6) is 0 Å². The van der Waals surface area contributed by atoms with E-state index in [1.807, 2.05) is 11.5 Å². The molecule has 0 saturated heterocycles. The summed E-state index contributed by atoms with van der Waals surface area (Å²) in [6.45, 7) is 1.67. The van der Waals surface area contributed by atoms with Gasteiger partial charge in [-0.1, -0.05) is 23.2 Å². The topological polar surface area (TPSA) is 78.5 Å². The van der Waals surface area contributed by atoms with E-state index < -0.39 is 12.2 Å². The molecule has 114 valence electrons. The summed E-state index contributed by atoms with van der Waals surface area (Å²) < 4.78 is 1.86. The normalized spacial score (nSPS) is 29.4. The molecular formula is C14H16Cl2N2O3. The van der Waals surface area contributed by atoms with Gasteiger partial charge < -0.3 is 19.9 Å². The fourth-order valence-electron chi connectivity index (χ4n) is 3.17. The van der Waals surface area contributed by atoms with Gasteiger partial charge >= 0.3 is 0 Å². The first-order chi connectivity index (χ1) is 9.93. The van der Waals surface area contributed by atoms with Crippen LogP contribution in [-0.2, 0) is 0 Å². The summed E-state index contributed by atoms with van der Waals surface area (Å²) in [6, 6.07) is 3.05. The van der Waals surface area contributed by atoms with Crippen molar-refractivity contribution in [3.8, 4) is 0 Å². The van der Waals surface area contributed by atoms with Crippen LogP contribution in [0.25, 0.3) is 11.0 Å².